The SMILES string of the molecule is Cc1cc(O[C@@H]2C[C@H]3CC[C@@H](C2)N3C)ccc1-n1cnc2cc(Br)sc2c1=O. The third-order valence-electron chi connectivity index (χ3n) is 6.19. The summed E-state index contributed by atoms with van der Waals surface area (Å²) in [5.41, 5.74) is 2.55. The molecule has 0 unspecified atom stereocenters. The molecule has 2 aliphatic rings. The first-order valence-electron chi connectivity index (χ1n) is 9.66. The summed E-state index contributed by atoms with van der Waals surface area (Å²) in [5, 5.41) is 0. The van der Waals surface area contributed by atoms with E-state index in [4.69, 9.17) is 4.74 Å². The molecule has 2 fully saturated rings. The maximum atomic E-state index is 12.9. The number of halogens is 1. The van der Waals surface area contributed by atoms with Gasteiger partial charge in [-0.05, 0) is 85.4 Å². The second-order valence-electron chi connectivity index (χ2n) is 7.89. The number of benzene rings is 1. The summed E-state index contributed by atoms with van der Waals surface area (Å²) in [4.78, 5) is 19.8. The number of ether oxygens (including phenoxy) is 1. The molecule has 0 spiro atoms. The predicted molar refractivity (Wildman–Crippen MR) is 116 cm³/mol. The Balaban J connectivity index is 1.41. The van der Waals surface area contributed by atoms with Gasteiger partial charge in [-0.25, -0.2) is 4.98 Å². The van der Waals surface area contributed by atoms with Crippen molar-refractivity contribution in [2.75, 3.05) is 7.05 Å². The summed E-state index contributed by atoms with van der Waals surface area (Å²) < 4.78 is 9.53. The Labute approximate surface area is 176 Å². The molecule has 5 rings (SSSR count). The van der Waals surface area contributed by atoms with Crippen LogP contribution in [0.3, 0.4) is 0 Å². The molecule has 0 amide bonds. The molecule has 28 heavy (non-hydrogen) atoms. The molecular formula is C21H22BrN3O2S. The first-order chi connectivity index (χ1) is 13.5. The lowest BCUT2D eigenvalue weighted by Crippen LogP contribution is -2.43. The normalized spacial score (nSPS) is 24.8. The molecule has 2 aromatic heterocycles. The number of piperidine rings is 1. The Kier molecular flexibility index (Phi) is 4.56. The van der Waals surface area contributed by atoms with Gasteiger partial charge in [-0.2, -0.15) is 0 Å². The average molecular weight is 460 g/mol. The summed E-state index contributed by atoms with van der Waals surface area (Å²) in [6.45, 7) is 2.02. The highest BCUT2D eigenvalue weighted by Crippen LogP contribution is 2.36. The smallest absolute Gasteiger partial charge is 0.275 e. The first kappa shape index (κ1) is 18.3. The van der Waals surface area contributed by atoms with Crippen LogP contribution in [0.4, 0.5) is 0 Å². The molecule has 3 aromatic rings. The van der Waals surface area contributed by atoms with Crippen LogP contribution in [0.15, 0.2) is 39.2 Å². The largest absolute Gasteiger partial charge is 0.490 e. The van der Waals surface area contributed by atoms with Gasteiger partial charge in [0.15, 0.2) is 0 Å². The zero-order valence-electron chi connectivity index (χ0n) is 15.9. The zero-order chi connectivity index (χ0) is 19.4. The van der Waals surface area contributed by atoms with Crippen LogP contribution in [0.5, 0.6) is 5.75 Å². The Morgan fingerprint density at radius 1 is 1.21 bits per heavy atom. The predicted octanol–water partition coefficient (Wildman–Crippen LogP) is 4.52. The van der Waals surface area contributed by atoms with Crippen molar-refractivity contribution in [3.63, 3.8) is 0 Å². The molecule has 2 aliphatic heterocycles. The van der Waals surface area contributed by atoms with Crippen LogP contribution in [0.2, 0.25) is 0 Å². The van der Waals surface area contributed by atoms with E-state index in [0.717, 1.165) is 39.1 Å². The number of rotatable bonds is 3. The number of thiophene rings is 1. The minimum atomic E-state index is -0.0376. The molecule has 1 aromatic carbocycles. The molecule has 2 saturated heterocycles. The Bertz CT molecular complexity index is 1090. The highest BCUT2D eigenvalue weighted by atomic mass is 79.9. The van der Waals surface area contributed by atoms with E-state index in [-0.39, 0.29) is 11.7 Å². The fourth-order valence-corrected chi connectivity index (χ4v) is 6.15. The second kappa shape index (κ2) is 6.97. The van der Waals surface area contributed by atoms with E-state index in [1.807, 2.05) is 31.2 Å². The molecule has 2 bridgehead atoms. The minimum absolute atomic E-state index is 0.0376. The minimum Gasteiger partial charge on any atom is -0.490 e. The number of hydrogen-bond donors (Lipinski definition) is 0. The average Bonchev–Trinajstić information content (AvgIpc) is 3.12. The third-order valence-corrected chi connectivity index (χ3v) is 7.81. The fraction of sp³-hybridized carbons (Fsp3) is 0.429. The van der Waals surface area contributed by atoms with Gasteiger partial charge >= 0.3 is 0 Å². The molecule has 4 heterocycles. The Morgan fingerprint density at radius 2 is 1.96 bits per heavy atom. The van der Waals surface area contributed by atoms with Crippen molar-refractivity contribution in [3.8, 4) is 11.4 Å². The van der Waals surface area contributed by atoms with Gasteiger partial charge in [-0.15, -0.1) is 11.3 Å². The zero-order valence-corrected chi connectivity index (χ0v) is 18.3. The molecular weight excluding hydrogens is 438 g/mol. The van der Waals surface area contributed by atoms with E-state index in [9.17, 15) is 4.79 Å². The monoisotopic (exact) mass is 459 g/mol. The van der Waals surface area contributed by atoms with Crippen LogP contribution in [-0.2, 0) is 0 Å². The maximum absolute atomic E-state index is 12.9. The van der Waals surface area contributed by atoms with Gasteiger partial charge < -0.3 is 9.64 Å². The summed E-state index contributed by atoms with van der Waals surface area (Å²) in [5.74, 6) is 0.885. The summed E-state index contributed by atoms with van der Waals surface area (Å²) in [7, 11) is 2.24. The highest BCUT2D eigenvalue weighted by molar-refractivity contribution is 9.11. The number of nitrogens with zero attached hydrogens (tertiary/aromatic N) is 3. The van der Waals surface area contributed by atoms with Gasteiger partial charge in [0.05, 0.1) is 15.0 Å². The number of hydrogen-bond acceptors (Lipinski definition) is 5. The van der Waals surface area contributed by atoms with Crippen LogP contribution in [0.1, 0.15) is 31.2 Å². The van der Waals surface area contributed by atoms with Crippen molar-refractivity contribution in [3.05, 3.63) is 50.3 Å². The molecule has 0 radical (unpaired) electrons. The molecule has 0 aliphatic carbocycles. The molecule has 0 saturated carbocycles. The molecule has 5 nitrogen and oxygen atoms in total. The van der Waals surface area contributed by atoms with Crippen molar-refractivity contribution < 1.29 is 4.74 Å². The van der Waals surface area contributed by atoms with Crippen LogP contribution in [0, 0.1) is 6.92 Å². The fourth-order valence-electron chi connectivity index (χ4n) is 4.68. The van der Waals surface area contributed by atoms with E-state index in [0.29, 0.717) is 16.8 Å². The lowest BCUT2D eigenvalue weighted by Gasteiger charge is -2.36. The Morgan fingerprint density at radius 3 is 2.68 bits per heavy atom. The topological polar surface area (TPSA) is 47.4 Å². The molecule has 146 valence electrons. The first-order valence-corrected chi connectivity index (χ1v) is 11.3. The van der Waals surface area contributed by atoms with Crippen molar-refractivity contribution in [2.24, 2.45) is 0 Å². The van der Waals surface area contributed by atoms with Gasteiger partial charge in [0.25, 0.3) is 5.56 Å². The Hall–Kier alpha value is -1.70. The van der Waals surface area contributed by atoms with Gasteiger partial charge in [0, 0.05) is 12.1 Å². The van der Waals surface area contributed by atoms with E-state index in [1.165, 1.54) is 24.2 Å². The van der Waals surface area contributed by atoms with Crippen molar-refractivity contribution >= 4 is 37.5 Å². The van der Waals surface area contributed by atoms with Gasteiger partial charge in [0.1, 0.15) is 22.9 Å². The van der Waals surface area contributed by atoms with Crippen LogP contribution in [-0.4, -0.2) is 39.7 Å². The van der Waals surface area contributed by atoms with E-state index < -0.39 is 0 Å². The van der Waals surface area contributed by atoms with Gasteiger partial charge in [0.2, 0.25) is 0 Å². The van der Waals surface area contributed by atoms with Crippen LogP contribution >= 0.6 is 27.3 Å². The second-order valence-corrected chi connectivity index (χ2v) is 10.3. The third kappa shape index (κ3) is 3.09. The standard InChI is InChI=1S/C21H22BrN3O2S/c1-12-7-15(27-16-8-13-3-4-14(9-16)24(13)2)5-6-18(12)25-11-23-17-10-19(22)28-20(17)21(25)26/h5-7,10-11,13-14,16H,3-4,8-9H2,1-2H3/t13-,14+,16-. The number of fused-ring (bicyclic) bond motifs is 3. The van der Waals surface area contributed by atoms with E-state index in [1.54, 1.807) is 10.9 Å². The van der Waals surface area contributed by atoms with Crippen LogP contribution in [0.25, 0.3) is 15.9 Å². The molecule has 0 N–H and O–H groups in total. The maximum Gasteiger partial charge on any atom is 0.275 e. The molecule has 3 atom stereocenters. The van der Waals surface area contributed by atoms with Crippen molar-refractivity contribution in [1.29, 1.82) is 0 Å². The lowest BCUT2D eigenvalue weighted by atomic mass is 10.0. The van der Waals surface area contributed by atoms with E-state index in [2.05, 4.69) is 32.9 Å². The highest BCUT2D eigenvalue weighted by Gasteiger charge is 2.39. The molecule has 7 heteroatoms. The van der Waals surface area contributed by atoms with Crippen molar-refractivity contribution in [1.82, 2.24) is 14.5 Å². The summed E-state index contributed by atoms with van der Waals surface area (Å²) >= 11 is 4.86. The number of aromatic nitrogens is 2. The number of aryl methyl sites for hydroxylation is 1. The lowest BCUT2D eigenvalue weighted by molar-refractivity contribution is 0.0661. The summed E-state index contributed by atoms with van der Waals surface area (Å²) in [6.07, 6.45) is 6.67. The van der Waals surface area contributed by atoms with E-state index >= 15 is 0 Å². The van der Waals surface area contributed by atoms with Gasteiger partial charge in [-0.1, -0.05) is 0 Å². The van der Waals surface area contributed by atoms with Crippen LogP contribution < -0.4 is 10.3 Å². The van der Waals surface area contributed by atoms with Crippen molar-refractivity contribution in [2.45, 2.75) is 50.8 Å². The quantitative estimate of drug-likeness (QED) is 0.577. The van der Waals surface area contributed by atoms with Gasteiger partial charge in [-0.3, -0.25) is 9.36 Å². The summed E-state index contributed by atoms with van der Waals surface area (Å²) in [6, 6.07) is 9.17.